The molecule has 0 saturated carbocycles. The third-order valence-corrected chi connectivity index (χ3v) is 1.20. The van der Waals surface area contributed by atoms with Crippen molar-refractivity contribution in [1.29, 1.82) is 0 Å². The van der Waals surface area contributed by atoms with Crippen LogP contribution in [0.4, 0.5) is 0 Å². The van der Waals surface area contributed by atoms with Crippen LogP contribution in [0.25, 0.3) is 0 Å². The second-order valence-electron chi connectivity index (χ2n) is 2.15. The molecule has 0 atom stereocenters. The molecule has 0 amide bonds. The van der Waals surface area contributed by atoms with E-state index in [4.69, 9.17) is 21.4 Å². The quantitative estimate of drug-likeness (QED) is 0.550. The fraction of sp³-hybridized carbons (Fsp3) is 0.222. The second-order valence-corrected chi connectivity index (χ2v) is 2.64. The molecule has 0 heterocycles. The lowest BCUT2D eigenvalue weighted by Gasteiger charge is -2.01. The first-order valence-electron chi connectivity index (χ1n) is 3.59. The van der Waals surface area contributed by atoms with Crippen molar-refractivity contribution in [2.75, 3.05) is 6.61 Å². The predicted molar refractivity (Wildman–Crippen MR) is 51.5 cm³/mol. The molecule has 72 valence electrons. The summed E-state index contributed by atoms with van der Waals surface area (Å²) in [5.41, 5.74) is 0. The Labute approximate surface area is 82.0 Å². The summed E-state index contributed by atoms with van der Waals surface area (Å²) in [6, 6.07) is 0. The SMILES string of the molecule is C=C(Cl)/C=C\C(=C/C)OCC(=O)O. The van der Waals surface area contributed by atoms with Crippen molar-refractivity contribution < 1.29 is 14.6 Å². The minimum absolute atomic E-state index is 0.360. The highest BCUT2D eigenvalue weighted by Gasteiger charge is 1.97. The lowest BCUT2D eigenvalue weighted by molar-refractivity contribution is -0.140. The van der Waals surface area contributed by atoms with Gasteiger partial charge in [-0.1, -0.05) is 18.2 Å². The minimum Gasteiger partial charge on any atom is -0.482 e. The second kappa shape index (κ2) is 6.31. The number of allylic oxidation sites excluding steroid dienone is 4. The van der Waals surface area contributed by atoms with Crippen LogP contribution in [0.1, 0.15) is 6.92 Å². The van der Waals surface area contributed by atoms with Crippen LogP contribution in [0.3, 0.4) is 0 Å². The van der Waals surface area contributed by atoms with Gasteiger partial charge in [-0.15, -0.1) is 0 Å². The Hall–Kier alpha value is -1.22. The molecule has 0 fully saturated rings. The van der Waals surface area contributed by atoms with E-state index in [2.05, 4.69) is 6.58 Å². The molecule has 0 aliphatic heterocycles. The van der Waals surface area contributed by atoms with Gasteiger partial charge in [0, 0.05) is 5.03 Å². The summed E-state index contributed by atoms with van der Waals surface area (Å²) in [5, 5.41) is 8.67. The van der Waals surface area contributed by atoms with Gasteiger partial charge in [0.15, 0.2) is 6.61 Å². The monoisotopic (exact) mass is 202 g/mol. The molecule has 4 heteroatoms. The van der Waals surface area contributed by atoms with Crippen LogP contribution in [0.2, 0.25) is 0 Å². The van der Waals surface area contributed by atoms with Gasteiger partial charge >= 0.3 is 5.97 Å². The molecular weight excluding hydrogens is 192 g/mol. The van der Waals surface area contributed by atoms with Gasteiger partial charge in [0.05, 0.1) is 0 Å². The molecule has 3 nitrogen and oxygen atoms in total. The van der Waals surface area contributed by atoms with E-state index >= 15 is 0 Å². The van der Waals surface area contributed by atoms with Crippen LogP contribution >= 0.6 is 11.6 Å². The fourth-order valence-electron chi connectivity index (χ4n) is 0.545. The first-order valence-corrected chi connectivity index (χ1v) is 3.97. The third-order valence-electron chi connectivity index (χ3n) is 1.08. The van der Waals surface area contributed by atoms with E-state index in [-0.39, 0.29) is 6.61 Å². The number of ether oxygens (including phenoxy) is 1. The lowest BCUT2D eigenvalue weighted by atomic mass is 10.4. The molecule has 0 unspecified atom stereocenters. The van der Waals surface area contributed by atoms with Gasteiger partial charge in [-0.3, -0.25) is 0 Å². The Bertz CT molecular complexity index is 254. The highest BCUT2D eigenvalue weighted by atomic mass is 35.5. The number of carboxylic acids is 1. The topological polar surface area (TPSA) is 46.5 Å². The Balaban J connectivity index is 4.06. The Morgan fingerprint density at radius 1 is 1.62 bits per heavy atom. The maximum absolute atomic E-state index is 10.1. The number of aliphatic carboxylic acids is 1. The molecule has 0 aromatic rings. The van der Waals surface area contributed by atoms with E-state index in [0.29, 0.717) is 10.8 Å². The van der Waals surface area contributed by atoms with Gasteiger partial charge in [-0.05, 0) is 25.2 Å². The maximum atomic E-state index is 10.1. The molecular formula is C9H11ClO3. The number of hydrogen-bond acceptors (Lipinski definition) is 2. The summed E-state index contributed by atoms with van der Waals surface area (Å²) < 4.78 is 4.88. The zero-order valence-corrected chi connectivity index (χ0v) is 8.04. The number of carboxylic acid groups (broad SMARTS) is 1. The summed E-state index contributed by atoms with van der Waals surface area (Å²) in [4.78, 5) is 10.1. The van der Waals surface area contributed by atoms with Gasteiger partial charge in [0.2, 0.25) is 0 Å². The predicted octanol–water partition coefficient (Wildman–Crippen LogP) is 2.30. The van der Waals surface area contributed by atoms with Crippen LogP contribution < -0.4 is 0 Å². The maximum Gasteiger partial charge on any atom is 0.341 e. The Morgan fingerprint density at radius 2 is 2.23 bits per heavy atom. The summed E-state index contributed by atoms with van der Waals surface area (Å²) in [6.45, 7) is 4.81. The summed E-state index contributed by atoms with van der Waals surface area (Å²) in [7, 11) is 0. The average Bonchev–Trinajstić information content (AvgIpc) is 2.04. The van der Waals surface area contributed by atoms with Gasteiger partial charge in [0.1, 0.15) is 5.76 Å². The summed E-state index contributed by atoms with van der Waals surface area (Å²) >= 11 is 5.46. The van der Waals surface area contributed by atoms with E-state index in [9.17, 15) is 4.79 Å². The molecule has 0 saturated heterocycles. The zero-order valence-electron chi connectivity index (χ0n) is 7.29. The van der Waals surface area contributed by atoms with Gasteiger partial charge in [0.25, 0.3) is 0 Å². The van der Waals surface area contributed by atoms with Crippen molar-refractivity contribution in [1.82, 2.24) is 0 Å². The number of carbonyl (C=O) groups is 1. The molecule has 0 spiro atoms. The van der Waals surface area contributed by atoms with Crippen molar-refractivity contribution in [2.45, 2.75) is 6.92 Å². The molecule has 0 aliphatic carbocycles. The van der Waals surface area contributed by atoms with Crippen molar-refractivity contribution in [3.63, 3.8) is 0 Å². The Kier molecular flexibility index (Phi) is 5.72. The highest BCUT2D eigenvalue weighted by Crippen LogP contribution is 2.04. The smallest absolute Gasteiger partial charge is 0.341 e. The fourth-order valence-corrected chi connectivity index (χ4v) is 0.608. The van der Waals surface area contributed by atoms with Crippen molar-refractivity contribution >= 4 is 17.6 Å². The minimum atomic E-state index is -1.02. The van der Waals surface area contributed by atoms with Crippen LogP contribution in [0.5, 0.6) is 0 Å². The molecule has 0 bridgehead atoms. The highest BCUT2D eigenvalue weighted by molar-refractivity contribution is 6.30. The van der Waals surface area contributed by atoms with Crippen molar-refractivity contribution in [3.05, 3.63) is 35.6 Å². The number of hydrogen-bond donors (Lipinski definition) is 1. The van der Waals surface area contributed by atoms with Crippen LogP contribution in [0.15, 0.2) is 35.6 Å². The average molecular weight is 203 g/mol. The summed E-state index contributed by atoms with van der Waals surface area (Å²) in [6.07, 6.45) is 4.72. The molecule has 0 aromatic carbocycles. The van der Waals surface area contributed by atoms with E-state index in [1.807, 2.05) is 0 Å². The largest absolute Gasteiger partial charge is 0.482 e. The van der Waals surface area contributed by atoms with E-state index in [1.54, 1.807) is 19.1 Å². The van der Waals surface area contributed by atoms with Crippen molar-refractivity contribution in [2.24, 2.45) is 0 Å². The van der Waals surface area contributed by atoms with Crippen LogP contribution in [-0.4, -0.2) is 17.7 Å². The zero-order chi connectivity index (χ0) is 10.3. The molecule has 0 rings (SSSR count). The molecule has 1 N–H and O–H groups in total. The normalized spacial score (nSPS) is 11.7. The molecule has 0 radical (unpaired) electrons. The standard InChI is InChI=1S/C9H11ClO3/c1-3-8(5-4-7(2)10)13-6-9(11)12/h3-5H,2,6H2,1H3,(H,11,12)/b5-4-,8-3+. The van der Waals surface area contributed by atoms with Crippen LogP contribution in [-0.2, 0) is 9.53 Å². The first kappa shape index (κ1) is 11.8. The van der Waals surface area contributed by atoms with Crippen LogP contribution in [0, 0.1) is 0 Å². The number of rotatable bonds is 5. The van der Waals surface area contributed by atoms with Crippen molar-refractivity contribution in [3.8, 4) is 0 Å². The first-order chi connectivity index (χ1) is 6.06. The van der Waals surface area contributed by atoms with Gasteiger partial charge in [-0.2, -0.15) is 0 Å². The molecule has 0 aromatic heterocycles. The Morgan fingerprint density at radius 3 is 2.62 bits per heavy atom. The molecule has 0 aliphatic rings. The van der Waals surface area contributed by atoms with Gasteiger partial charge < -0.3 is 9.84 Å². The molecule has 13 heavy (non-hydrogen) atoms. The lowest BCUT2D eigenvalue weighted by Crippen LogP contribution is -2.05. The van der Waals surface area contributed by atoms with E-state index in [0.717, 1.165) is 0 Å². The van der Waals surface area contributed by atoms with E-state index in [1.165, 1.54) is 6.08 Å². The third kappa shape index (κ3) is 7.15. The summed E-state index contributed by atoms with van der Waals surface area (Å²) in [5.74, 6) is -0.568. The van der Waals surface area contributed by atoms with E-state index < -0.39 is 5.97 Å². The number of halogens is 1. The van der Waals surface area contributed by atoms with Gasteiger partial charge in [-0.25, -0.2) is 4.79 Å².